The van der Waals surface area contributed by atoms with Crippen molar-refractivity contribution in [3.8, 4) is 6.07 Å². The summed E-state index contributed by atoms with van der Waals surface area (Å²) in [5.41, 5.74) is -0.769. The zero-order valence-corrected chi connectivity index (χ0v) is 9.03. The summed E-state index contributed by atoms with van der Waals surface area (Å²) < 4.78 is 0. The number of aliphatic hydroxyl groups is 1. The fraction of sp³-hybridized carbons (Fsp3) is 0.917. The maximum Gasteiger partial charge on any atom is 0.0805 e. The van der Waals surface area contributed by atoms with Crippen LogP contribution in [0.5, 0.6) is 0 Å². The van der Waals surface area contributed by atoms with Gasteiger partial charge in [-0.15, -0.1) is 0 Å². The molecule has 2 aliphatic rings. The van der Waals surface area contributed by atoms with Gasteiger partial charge in [0.25, 0.3) is 0 Å². The Morgan fingerprint density at radius 1 is 1.43 bits per heavy atom. The van der Waals surface area contributed by atoms with Crippen molar-refractivity contribution in [3.05, 3.63) is 0 Å². The number of hydrogen-bond acceptors (Lipinski definition) is 2. The first kappa shape index (κ1) is 9.98. The highest BCUT2D eigenvalue weighted by Crippen LogP contribution is 2.53. The van der Waals surface area contributed by atoms with E-state index in [9.17, 15) is 5.11 Å². The predicted octanol–water partition coefficient (Wildman–Crippen LogP) is 2.33. The van der Waals surface area contributed by atoms with Crippen LogP contribution in [0.25, 0.3) is 0 Å². The monoisotopic (exact) mass is 193 g/mol. The second kappa shape index (κ2) is 3.24. The first-order chi connectivity index (χ1) is 6.55. The Labute approximate surface area is 85.9 Å². The molecule has 5 atom stereocenters. The molecule has 2 aliphatic carbocycles. The fourth-order valence-electron chi connectivity index (χ4n) is 3.41. The van der Waals surface area contributed by atoms with Crippen molar-refractivity contribution in [1.29, 1.82) is 5.26 Å². The van der Waals surface area contributed by atoms with Gasteiger partial charge in [0.05, 0.1) is 17.6 Å². The van der Waals surface area contributed by atoms with Gasteiger partial charge in [-0.25, -0.2) is 0 Å². The van der Waals surface area contributed by atoms with Crippen LogP contribution in [0.15, 0.2) is 0 Å². The summed E-state index contributed by atoms with van der Waals surface area (Å²) in [6.45, 7) is 3.69. The fourth-order valence-corrected chi connectivity index (χ4v) is 3.41. The van der Waals surface area contributed by atoms with Crippen LogP contribution in [-0.4, -0.2) is 10.7 Å². The van der Waals surface area contributed by atoms with Crippen LogP contribution in [0.3, 0.4) is 0 Å². The van der Waals surface area contributed by atoms with Crippen LogP contribution in [0.2, 0.25) is 0 Å². The molecule has 0 aromatic rings. The highest BCUT2D eigenvalue weighted by Gasteiger charge is 2.49. The van der Waals surface area contributed by atoms with Gasteiger partial charge in [-0.05, 0) is 50.9 Å². The predicted molar refractivity (Wildman–Crippen MR) is 54.3 cm³/mol. The van der Waals surface area contributed by atoms with Crippen LogP contribution in [0.4, 0.5) is 0 Å². The first-order valence-electron chi connectivity index (χ1n) is 5.67. The van der Waals surface area contributed by atoms with E-state index in [-0.39, 0.29) is 5.92 Å². The number of nitrogens with zero attached hydrogens (tertiary/aromatic N) is 1. The summed E-state index contributed by atoms with van der Waals surface area (Å²) in [4.78, 5) is 0. The molecule has 0 aliphatic heterocycles. The van der Waals surface area contributed by atoms with Gasteiger partial charge in [-0.3, -0.25) is 0 Å². The van der Waals surface area contributed by atoms with E-state index in [2.05, 4.69) is 6.07 Å². The number of hydrogen-bond donors (Lipinski definition) is 1. The molecule has 2 fully saturated rings. The third-order valence-corrected chi connectivity index (χ3v) is 4.56. The van der Waals surface area contributed by atoms with Crippen LogP contribution < -0.4 is 0 Å². The molecule has 0 spiro atoms. The van der Waals surface area contributed by atoms with E-state index in [1.807, 2.05) is 13.8 Å². The summed E-state index contributed by atoms with van der Waals surface area (Å²) in [5, 5.41) is 19.3. The van der Waals surface area contributed by atoms with Gasteiger partial charge in [0, 0.05) is 0 Å². The molecule has 2 heteroatoms. The average Bonchev–Trinajstić information content (AvgIpc) is 2.77. The smallest absolute Gasteiger partial charge is 0.0805 e. The van der Waals surface area contributed by atoms with Gasteiger partial charge in [-0.2, -0.15) is 5.26 Å². The Bertz CT molecular complexity index is 266. The van der Waals surface area contributed by atoms with Gasteiger partial charge < -0.3 is 5.11 Å². The van der Waals surface area contributed by atoms with E-state index >= 15 is 0 Å². The maximum atomic E-state index is 10.4. The third kappa shape index (κ3) is 1.35. The molecule has 0 aromatic carbocycles. The highest BCUT2D eigenvalue weighted by molar-refractivity contribution is 5.04. The lowest BCUT2D eigenvalue weighted by atomic mass is 9.72. The van der Waals surface area contributed by atoms with Crippen LogP contribution in [-0.2, 0) is 0 Å². The summed E-state index contributed by atoms with van der Waals surface area (Å²) >= 11 is 0. The topological polar surface area (TPSA) is 44.0 Å². The molecule has 2 saturated carbocycles. The van der Waals surface area contributed by atoms with E-state index in [0.29, 0.717) is 11.8 Å². The minimum absolute atomic E-state index is 0.244. The van der Waals surface area contributed by atoms with Crippen molar-refractivity contribution < 1.29 is 5.11 Å². The lowest BCUT2D eigenvalue weighted by Gasteiger charge is -2.37. The van der Waals surface area contributed by atoms with Gasteiger partial charge in [0.2, 0.25) is 0 Å². The first-order valence-corrected chi connectivity index (χ1v) is 5.67. The largest absolute Gasteiger partial charge is 0.389 e. The highest BCUT2D eigenvalue weighted by atomic mass is 16.3. The Morgan fingerprint density at radius 3 is 2.57 bits per heavy atom. The molecule has 0 aromatic heterocycles. The Balaban J connectivity index is 2.12. The van der Waals surface area contributed by atoms with Crippen molar-refractivity contribution in [3.63, 3.8) is 0 Å². The minimum Gasteiger partial charge on any atom is -0.389 e. The normalized spacial score (nSPS) is 41.7. The van der Waals surface area contributed by atoms with Crippen molar-refractivity contribution in [2.45, 2.75) is 45.1 Å². The summed E-state index contributed by atoms with van der Waals surface area (Å²) in [6, 6.07) is 2.19. The lowest BCUT2D eigenvalue weighted by molar-refractivity contribution is -0.0506. The van der Waals surface area contributed by atoms with E-state index in [0.717, 1.165) is 12.3 Å². The zero-order chi connectivity index (χ0) is 10.3. The Kier molecular flexibility index (Phi) is 2.31. The van der Waals surface area contributed by atoms with Gasteiger partial charge in [-0.1, -0.05) is 6.42 Å². The number of nitriles is 1. The average molecular weight is 193 g/mol. The molecule has 0 amide bonds. The summed E-state index contributed by atoms with van der Waals surface area (Å²) in [7, 11) is 0. The van der Waals surface area contributed by atoms with Crippen LogP contribution in [0, 0.1) is 35.0 Å². The summed E-state index contributed by atoms with van der Waals surface area (Å²) in [6.07, 6.45) is 5.05. The maximum absolute atomic E-state index is 10.4. The Morgan fingerprint density at radius 2 is 2.14 bits per heavy atom. The standard InChI is InChI=1S/C12H19NO/c1-8(7-13)12(2,14)11-6-9-3-4-10(11)5-9/h8-11,14H,3-6H2,1-2H3. The van der Waals surface area contributed by atoms with Gasteiger partial charge >= 0.3 is 0 Å². The quantitative estimate of drug-likeness (QED) is 0.731. The van der Waals surface area contributed by atoms with E-state index in [1.165, 1.54) is 19.3 Å². The van der Waals surface area contributed by atoms with Crippen LogP contribution in [0.1, 0.15) is 39.5 Å². The molecule has 0 radical (unpaired) electrons. The van der Waals surface area contributed by atoms with Gasteiger partial charge in [0.15, 0.2) is 0 Å². The molecule has 0 saturated heterocycles. The molecular weight excluding hydrogens is 174 g/mol. The molecule has 2 nitrogen and oxygen atoms in total. The second-order valence-corrected chi connectivity index (χ2v) is 5.36. The molecule has 1 N–H and O–H groups in total. The van der Waals surface area contributed by atoms with Crippen molar-refractivity contribution in [2.75, 3.05) is 0 Å². The zero-order valence-electron chi connectivity index (χ0n) is 9.03. The summed E-state index contributed by atoms with van der Waals surface area (Å²) in [5.74, 6) is 1.65. The van der Waals surface area contributed by atoms with Crippen LogP contribution >= 0.6 is 0 Å². The minimum atomic E-state index is -0.769. The van der Waals surface area contributed by atoms with E-state index in [4.69, 9.17) is 5.26 Å². The molecule has 0 heterocycles. The number of rotatable bonds is 2. The molecular formula is C12H19NO. The molecule has 2 bridgehead atoms. The molecule has 78 valence electrons. The second-order valence-electron chi connectivity index (χ2n) is 5.36. The van der Waals surface area contributed by atoms with E-state index < -0.39 is 5.60 Å². The van der Waals surface area contributed by atoms with Crippen molar-refractivity contribution >= 4 is 0 Å². The molecule has 14 heavy (non-hydrogen) atoms. The van der Waals surface area contributed by atoms with Gasteiger partial charge in [0.1, 0.15) is 0 Å². The van der Waals surface area contributed by atoms with E-state index in [1.54, 1.807) is 0 Å². The van der Waals surface area contributed by atoms with Crippen molar-refractivity contribution in [2.24, 2.45) is 23.7 Å². The lowest BCUT2D eigenvalue weighted by Crippen LogP contribution is -2.43. The molecule has 5 unspecified atom stereocenters. The number of fused-ring (bicyclic) bond motifs is 2. The third-order valence-electron chi connectivity index (χ3n) is 4.56. The Hall–Kier alpha value is -0.550. The SMILES string of the molecule is CC(C#N)C(C)(O)C1CC2CCC1C2. The molecule has 2 rings (SSSR count). The van der Waals surface area contributed by atoms with Crippen molar-refractivity contribution in [1.82, 2.24) is 0 Å².